The van der Waals surface area contributed by atoms with E-state index in [1.165, 1.54) is 9.47 Å². The van der Waals surface area contributed by atoms with Gasteiger partial charge in [0, 0.05) is 6.42 Å². The number of esters is 2. The minimum atomic E-state index is -8.26. The van der Waals surface area contributed by atoms with Crippen LogP contribution in [0.3, 0.4) is 0 Å². The molecule has 4 atom stereocenters. The molecule has 0 saturated heterocycles. The Kier molecular flexibility index (Phi) is 17.7. The summed E-state index contributed by atoms with van der Waals surface area (Å²) in [4.78, 5) is 25.1. The maximum Gasteiger partial charge on any atom is 0.462 e. The molecule has 0 aliphatic heterocycles. The Balaban J connectivity index is 3.99. The molecular formula is C29H16F32O9. The van der Waals surface area contributed by atoms with Crippen molar-refractivity contribution in [2.45, 2.75) is 118 Å². The van der Waals surface area contributed by atoms with E-state index in [1.807, 2.05) is 4.74 Å². The van der Waals surface area contributed by atoms with Crippen LogP contribution in [0.2, 0.25) is 0 Å². The third-order valence-corrected chi connectivity index (χ3v) is 7.43. The highest BCUT2D eigenvalue weighted by molar-refractivity contribution is 5.97. The maximum absolute atomic E-state index is 15.0. The van der Waals surface area contributed by atoms with Crippen LogP contribution in [-0.4, -0.2) is 123 Å². The van der Waals surface area contributed by atoms with E-state index in [9.17, 15) is 141 Å². The topological polar surface area (TPSA) is 98.8 Å². The second-order valence-electron chi connectivity index (χ2n) is 12.5. The first-order valence-corrected chi connectivity index (χ1v) is 16.5. The molecule has 0 heterocycles. The SMILES string of the molecule is CCOC(=O)c1cc(OC(F)(F)C(F)OC(F)(F)C(F)(OC(F)(F)C(F)(F)C(F)(F)F)C(F)(F)F)c(C(=O)OCC)cc1CC(F)(F)C(F)OC(F)(F)C(F)(OC(F)(F)C(F)(F)C(F)(F)F)C(F)(F)F. The van der Waals surface area contributed by atoms with Crippen LogP contribution in [-0.2, 0) is 34.8 Å². The molecule has 0 amide bonds. The van der Waals surface area contributed by atoms with E-state index in [0.717, 1.165) is 0 Å². The van der Waals surface area contributed by atoms with Gasteiger partial charge in [0.05, 0.1) is 18.8 Å². The van der Waals surface area contributed by atoms with Crippen LogP contribution in [0.4, 0.5) is 140 Å². The highest BCUT2D eigenvalue weighted by Gasteiger charge is 2.86. The van der Waals surface area contributed by atoms with Crippen molar-refractivity contribution in [3.8, 4) is 5.75 Å². The summed E-state index contributed by atoms with van der Waals surface area (Å²) in [5.41, 5.74) is -6.48. The molecule has 0 spiro atoms. The highest BCUT2D eigenvalue weighted by atomic mass is 19.4. The van der Waals surface area contributed by atoms with E-state index in [1.54, 1.807) is 0 Å². The number of hydrogen-bond donors (Lipinski definition) is 0. The lowest BCUT2D eigenvalue weighted by molar-refractivity contribution is -0.543. The second-order valence-corrected chi connectivity index (χ2v) is 12.5. The molecule has 0 aliphatic rings. The molecule has 410 valence electrons. The van der Waals surface area contributed by atoms with Crippen LogP contribution in [0.25, 0.3) is 0 Å². The Hall–Kier alpha value is -4.44. The Labute approximate surface area is 361 Å². The molecule has 0 aliphatic carbocycles. The molecule has 1 aromatic rings. The predicted octanol–water partition coefficient (Wildman–Crippen LogP) is 12.1. The largest absolute Gasteiger partial charge is 0.462 e. The van der Waals surface area contributed by atoms with Gasteiger partial charge in [0.25, 0.3) is 6.36 Å². The van der Waals surface area contributed by atoms with Crippen molar-refractivity contribution in [1.82, 2.24) is 0 Å². The van der Waals surface area contributed by atoms with Gasteiger partial charge in [-0.1, -0.05) is 0 Å². The smallest absolute Gasteiger partial charge is 0.462 e. The van der Waals surface area contributed by atoms with E-state index >= 15 is 8.78 Å². The normalized spacial score (nSPS) is 17.3. The van der Waals surface area contributed by atoms with E-state index in [0.29, 0.717) is 13.8 Å². The van der Waals surface area contributed by atoms with Gasteiger partial charge in [0.15, 0.2) is 0 Å². The average molecular weight is 1120 g/mol. The Morgan fingerprint density at radius 1 is 0.457 bits per heavy atom. The van der Waals surface area contributed by atoms with Gasteiger partial charge in [0.2, 0.25) is 0 Å². The number of benzene rings is 1. The van der Waals surface area contributed by atoms with Crippen LogP contribution in [0.15, 0.2) is 12.1 Å². The number of hydrogen-bond acceptors (Lipinski definition) is 9. The molecule has 0 saturated carbocycles. The lowest BCUT2D eigenvalue weighted by Crippen LogP contribution is -2.66. The Morgan fingerprint density at radius 2 is 0.786 bits per heavy atom. The summed E-state index contributed by atoms with van der Waals surface area (Å²) >= 11 is 0. The minimum absolute atomic E-state index is 0.692. The van der Waals surface area contributed by atoms with Crippen LogP contribution < -0.4 is 4.74 Å². The van der Waals surface area contributed by atoms with Crippen molar-refractivity contribution in [1.29, 1.82) is 0 Å². The summed E-state index contributed by atoms with van der Waals surface area (Å²) in [6.45, 7) is -0.821. The summed E-state index contributed by atoms with van der Waals surface area (Å²) in [6.07, 6.45) is -86.1. The van der Waals surface area contributed by atoms with E-state index in [4.69, 9.17) is 0 Å². The molecule has 1 rings (SSSR count). The van der Waals surface area contributed by atoms with Crippen molar-refractivity contribution >= 4 is 11.9 Å². The zero-order valence-corrected chi connectivity index (χ0v) is 32.2. The van der Waals surface area contributed by atoms with Crippen molar-refractivity contribution in [2.24, 2.45) is 0 Å². The number of carbonyl (C=O) groups is 2. The fraction of sp³-hybridized carbons (Fsp3) is 0.724. The summed E-state index contributed by atoms with van der Waals surface area (Å²) in [5.74, 6) is -46.4. The Bertz CT molecular complexity index is 1850. The van der Waals surface area contributed by atoms with Gasteiger partial charge in [-0.2, -0.15) is 123 Å². The number of alkyl halides is 32. The summed E-state index contributed by atoms with van der Waals surface area (Å²) in [5, 5.41) is 0. The molecule has 0 radical (unpaired) electrons. The van der Waals surface area contributed by atoms with Crippen molar-refractivity contribution in [2.75, 3.05) is 13.2 Å². The molecule has 0 bridgehead atoms. The first kappa shape index (κ1) is 63.6. The lowest BCUT2D eigenvalue weighted by Gasteiger charge is -2.38. The monoisotopic (exact) mass is 1120 g/mol. The van der Waals surface area contributed by atoms with Crippen LogP contribution in [0, 0.1) is 0 Å². The van der Waals surface area contributed by atoms with Gasteiger partial charge >= 0.3 is 103 Å². The van der Waals surface area contributed by atoms with E-state index in [2.05, 4.69) is 18.9 Å². The van der Waals surface area contributed by atoms with E-state index in [-0.39, 0.29) is 0 Å². The lowest BCUT2D eigenvalue weighted by atomic mass is 9.97. The average Bonchev–Trinajstić information content (AvgIpc) is 3.12. The predicted molar refractivity (Wildman–Crippen MR) is 148 cm³/mol. The third-order valence-electron chi connectivity index (χ3n) is 7.43. The molecule has 0 fully saturated rings. The highest BCUT2D eigenvalue weighted by Crippen LogP contribution is 2.58. The van der Waals surface area contributed by atoms with Crippen LogP contribution in [0.1, 0.15) is 40.1 Å². The standard InChI is InChI=1S/C29H16F32O9/c1-3-64-12(62)9-6-11(66-17(34,35)15(31)68-29(60,61)21(41,25(51,52)53)70-27(56,57)19(38,39)23(45,46)47)10(13(63)65-4-2)5-8(9)7-16(32,33)14(30)67-28(58,59)20(40,24(48,49)50)69-26(54,55)18(36,37)22(42,43)44/h5-6,14-15H,3-4,7H2,1-2H3. The molecule has 1 aromatic carbocycles. The molecule has 0 aromatic heterocycles. The van der Waals surface area contributed by atoms with E-state index < -0.39 is 164 Å². The summed E-state index contributed by atoms with van der Waals surface area (Å²) in [7, 11) is 0. The van der Waals surface area contributed by atoms with Crippen molar-refractivity contribution < 1.29 is 183 Å². The fourth-order valence-corrected chi connectivity index (χ4v) is 4.09. The molecule has 9 nitrogen and oxygen atoms in total. The summed E-state index contributed by atoms with van der Waals surface area (Å²) < 4.78 is 453. The van der Waals surface area contributed by atoms with Gasteiger partial charge in [-0.25, -0.2) is 27.2 Å². The molecule has 0 N–H and O–H groups in total. The van der Waals surface area contributed by atoms with Crippen molar-refractivity contribution in [3.05, 3.63) is 28.8 Å². The van der Waals surface area contributed by atoms with Gasteiger partial charge in [-0.3, -0.25) is 18.9 Å². The Morgan fingerprint density at radius 3 is 1.10 bits per heavy atom. The van der Waals surface area contributed by atoms with Crippen molar-refractivity contribution in [3.63, 3.8) is 0 Å². The first-order chi connectivity index (χ1) is 30.5. The van der Waals surface area contributed by atoms with Crippen LogP contribution in [0.5, 0.6) is 5.75 Å². The third kappa shape index (κ3) is 12.4. The van der Waals surface area contributed by atoms with Gasteiger partial charge in [-0.15, -0.1) is 0 Å². The maximum atomic E-state index is 15.0. The molecular weight excluding hydrogens is 1100 g/mol. The fourth-order valence-electron chi connectivity index (χ4n) is 4.09. The molecule has 70 heavy (non-hydrogen) atoms. The number of ether oxygens (including phenoxy) is 7. The zero-order valence-electron chi connectivity index (χ0n) is 32.2. The van der Waals surface area contributed by atoms with Crippen LogP contribution >= 0.6 is 0 Å². The zero-order chi connectivity index (χ0) is 56.1. The summed E-state index contributed by atoms with van der Waals surface area (Å²) in [6, 6.07) is -1.48. The van der Waals surface area contributed by atoms with Gasteiger partial charge in [-0.05, 0) is 31.5 Å². The minimum Gasteiger partial charge on any atom is -0.462 e. The number of carbonyl (C=O) groups excluding carboxylic acids is 2. The quantitative estimate of drug-likeness (QED) is 0.0830. The number of halogens is 32. The van der Waals surface area contributed by atoms with Gasteiger partial charge < -0.3 is 14.2 Å². The van der Waals surface area contributed by atoms with Gasteiger partial charge in [0.1, 0.15) is 11.3 Å². The molecule has 41 heteroatoms. The molecule has 4 unspecified atom stereocenters. The first-order valence-electron chi connectivity index (χ1n) is 16.5. The second kappa shape index (κ2) is 19.5. The number of rotatable bonds is 22.